The summed E-state index contributed by atoms with van der Waals surface area (Å²) in [5.41, 5.74) is 1.06. The molecule has 12 heavy (non-hydrogen) atoms. The fourth-order valence-corrected chi connectivity index (χ4v) is 1.27. The summed E-state index contributed by atoms with van der Waals surface area (Å²) >= 11 is 0. The number of aromatic amines is 1. The van der Waals surface area contributed by atoms with Gasteiger partial charge in [0.15, 0.2) is 0 Å². The number of hydrogen-bond acceptors (Lipinski definition) is 3. The molecule has 1 aliphatic rings. The van der Waals surface area contributed by atoms with Crippen LogP contribution in [-0.4, -0.2) is 20.6 Å². The van der Waals surface area contributed by atoms with Gasteiger partial charge in [0.05, 0.1) is 0 Å². The minimum atomic E-state index is 0.573. The molecule has 1 aromatic rings. The molecule has 0 aliphatic heterocycles. The molecular formula is C8H10N4. The Morgan fingerprint density at radius 2 is 2.50 bits per heavy atom. The summed E-state index contributed by atoms with van der Waals surface area (Å²) in [7, 11) is 0. The first kappa shape index (κ1) is 7.21. The molecule has 0 saturated carbocycles. The van der Waals surface area contributed by atoms with Gasteiger partial charge in [-0.3, -0.25) is 0 Å². The van der Waals surface area contributed by atoms with Gasteiger partial charge in [-0.25, -0.2) is 0 Å². The Balaban J connectivity index is 2.30. The van der Waals surface area contributed by atoms with Gasteiger partial charge in [0.25, 0.3) is 0 Å². The van der Waals surface area contributed by atoms with Crippen molar-refractivity contribution in [1.29, 1.82) is 0 Å². The fourth-order valence-electron chi connectivity index (χ4n) is 1.27. The van der Waals surface area contributed by atoms with Gasteiger partial charge in [-0.05, 0) is 17.6 Å². The zero-order valence-electron chi connectivity index (χ0n) is 6.86. The molecule has 0 amide bonds. The summed E-state index contributed by atoms with van der Waals surface area (Å²) in [4.78, 5) is 0. The Hall–Kier alpha value is -1.45. The van der Waals surface area contributed by atoms with Crippen molar-refractivity contribution in [3.63, 3.8) is 0 Å². The van der Waals surface area contributed by atoms with Gasteiger partial charge >= 0.3 is 0 Å². The number of rotatable bonds is 1. The highest BCUT2D eigenvalue weighted by molar-refractivity contribution is 5.70. The number of aromatic nitrogens is 4. The zero-order chi connectivity index (χ0) is 8.39. The Morgan fingerprint density at radius 3 is 3.17 bits per heavy atom. The molecule has 4 nitrogen and oxygen atoms in total. The van der Waals surface area contributed by atoms with E-state index in [1.54, 1.807) is 0 Å². The van der Waals surface area contributed by atoms with Crippen molar-refractivity contribution in [2.45, 2.75) is 13.3 Å². The summed E-state index contributed by atoms with van der Waals surface area (Å²) in [6.07, 6.45) is 7.42. The number of tetrazole rings is 1. The molecule has 1 heterocycles. The summed E-state index contributed by atoms with van der Waals surface area (Å²) in [5, 5.41) is 13.8. The van der Waals surface area contributed by atoms with Gasteiger partial charge in [0.1, 0.15) is 0 Å². The van der Waals surface area contributed by atoms with Gasteiger partial charge < -0.3 is 0 Å². The van der Waals surface area contributed by atoms with E-state index in [1.165, 1.54) is 0 Å². The molecule has 1 aliphatic carbocycles. The van der Waals surface area contributed by atoms with Crippen molar-refractivity contribution in [3.8, 4) is 0 Å². The third kappa shape index (κ3) is 1.28. The molecule has 2 rings (SSSR count). The van der Waals surface area contributed by atoms with Crippen molar-refractivity contribution in [2.24, 2.45) is 5.92 Å². The quantitative estimate of drug-likeness (QED) is 0.674. The Morgan fingerprint density at radius 1 is 1.58 bits per heavy atom. The standard InChI is InChI=1S/C8H10N4/c1-6-3-2-4-7(5-6)8-9-11-12-10-8/h2,4-6H,3H2,1H3,(H,9,10,11,12). The second-order valence-corrected chi connectivity index (χ2v) is 2.97. The monoisotopic (exact) mass is 162 g/mol. The minimum absolute atomic E-state index is 0.573. The lowest BCUT2D eigenvalue weighted by Crippen LogP contribution is -1.96. The van der Waals surface area contributed by atoms with Gasteiger partial charge in [-0.15, -0.1) is 10.2 Å². The summed E-state index contributed by atoms with van der Waals surface area (Å²) in [6, 6.07) is 0. The molecule has 0 saturated heterocycles. The van der Waals surface area contributed by atoms with E-state index in [0.29, 0.717) is 11.7 Å². The normalized spacial score (nSPS) is 22.4. The van der Waals surface area contributed by atoms with Gasteiger partial charge in [-0.2, -0.15) is 5.21 Å². The smallest absolute Gasteiger partial charge is 0.177 e. The average Bonchev–Trinajstić information content (AvgIpc) is 2.56. The highest BCUT2D eigenvalue weighted by Gasteiger charge is 2.08. The maximum Gasteiger partial charge on any atom is 0.204 e. The SMILES string of the molecule is CC1C=C(c2nn[nH]n2)C=CC1. The molecular weight excluding hydrogens is 152 g/mol. The van der Waals surface area contributed by atoms with Crippen molar-refractivity contribution < 1.29 is 0 Å². The van der Waals surface area contributed by atoms with Crippen molar-refractivity contribution in [1.82, 2.24) is 20.6 Å². The molecule has 0 spiro atoms. The predicted octanol–water partition coefficient (Wildman–Crippen LogP) is 1.18. The van der Waals surface area contributed by atoms with Gasteiger partial charge in [0, 0.05) is 5.57 Å². The van der Waals surface area contributed by atoms with Crippen LogP contribution in [-0.2, 0) is 0 Å². The van der Waals surface area contributed by atoms with Crippen LogP contribution in [0.4, 0.5) is 0 Å². The largest absolute Gasteiger partial charge is 0.204 e. The number of allylic oxidation sites excluding steroid dienone is 4. The van der Waals surface area contributed by atoms with Crippen LogP contribution in [0.25, 0.3) is 5.57 Å². The van der Waals surface area contributed by atoms with Crippen molar-refractivity contribution >= 4 is 5.57 Å². The van der Waals surface area contributed by atoms with E-state index < -0.39 is 0 Å². The number of nitrogens with one attached hydrogen (secondary N) is 1. The molecule has 0 fully saturated rings. The van der Waals surface area contributed by atoms with Crippen molar-refractivity contribution in [3.05, 3.63) is 24.1 Å². The third-order valence-electron chi connectivity index (χ3n) is 1.87. The fraction of sp³-hybridized carbons (Fsp3) is 0.375. The molecule has 0 aromatic carbocycles. The predicted molar refractivity (Wildman–Crippen MR) is 45.1 cm³/mol. The van der Waals surface area contributed by atoms with Crippen LogP contribution in [0.5, 0.6) is 0 Å². The van der Waals surface area contributed by atoms with E-state index in [1.807, 2.05) is 6.08 Å². The second-order valence-electron chi connectivity index (χ2n) is 2.97. The number of H-pyrrole nitrogens is 1. The first-order valence-corrected chi connectivity index (χ1v) is 3.98. The lowest BCUT2D eigenvalue weighted by Gasteiger charge is -2.08. The summed E-state index contributed by atoms with van der Waals surface area (Å²) in [5.74, 6) is 1.25. The minimum Gasteiger partial charge on any atom is -0.177 e. The average molecular weight is 162 g/mol. The lowest BCUT2D eigenvalue weighted by molar-refractivity contribution is 0.738. The molecule has 0 radical (unpaired) electrons. The second kappa shape index (κ2) is 2.89. The number of hydrogen-bond donors (Lipinski definition) is 1. The summed E-state index contributed by atoms with van der Waals surface area (Å²) in [6.45, 7) is 2.17. The van der Waals surface area contributed by atoms with Crippen LogP contribution in [0.2, 0.25) is 0 Å². The van der Waals surface area contributed by atoms with Crippen LogP contribution in [0.3, 0.4) is 0 Å². The van der Waals surface area contributed by atoms with E-state index >= 15 is 0 Å². The summed E-state index contributed by atoms with van der Waals surface area (Å²) < 4.78 is 0. The Kier molecular flexibility index (Phi) is 1.74. The maximum atomic E-state index is 3.91. The number of nitrogens with zero attached hydrogens (tertiary/aromatic N) is 3. The molecule has 1 aromatic heterocycles. The van der Waals surface area contributed by atoms with Crippen molar-refractivity contribution in [2.75, 3.05) is 0 Å². The molecule has 62 valence electrons. The van der Waals surface area contributed by atoms with E-state index in [-0.39, 0.29) is 0 Å². The lowest BCUT2D eigenvalue weighted by atomic mass is 9.98. The van der Waals surface area contributed by atoms with Crippen LogP contribution < -0.4 is 0 Å². The van der Waals surface area contributed by atoms with E-state index in [0.717, 1.165) is 12.0 Å². The first-order valence-electron chi connectivity index (χ1n) is 3.98. The zero-order valence-corrected chi connectivity index (χ0v) is 6.86. The highest BCUT2D eigenvalue weighted by atomic mass is 15.5. The van der Waals surface area contributed by atoms with Gasteiger partial charge in [0.2, 0.25) is 5.82 Å². The van der Waals surface area contributed by atoms with Crippen LogP contribution >= 0.6 is 0 Å². The Bertz CT molecular complexity index is 310. The first-order chi connectivity index (χ1) is 5.86. The van der Waals surface area contributed by atoms with E-state index in [4.69, 9.17) is 0 Å². The molecule has 1 atom stereocenters. The molecule has 0 bridgehead atoms. The molecule has 4 heteroatoms. The Labute approximate surface area is 70.4 Å². The van der Waals surface area contributed by atoms with E-state index in [2.05, 4.69) is 39.7 Å². The van der Waals surface area contributed by atoms with Crippen LogP contribution in [0.15, 0.2) is 18.2 Å². The van der Waals surface area contributed by atoms with Gasteiger partial charge in [-0.1, -0.05) is 25.2 Å². The highest BCUT2D eigenvalue weighted by Crippen LogP contribution is 2.20. The molecule has 1 unspecified atom stereocenters. The topological polar surface area (TPSA) is 54.5 Å². The van der Waals surface area contributed by atoms with Crippen LogP contribution in [0.1, 0.15) is 19.2 Å². The van der Waals surface area contributed by atoms with E-state index in [9.17, 15) is 0 Å². The van der Waals surface area contributed by atoms with Crippen LogP contribution in [0, 0.1) is 5.92 Å². The maximum absolute atomic E-state index is 3.91. The third-order valence-corrected chi connectivity index (χ3v) is 1.87. The molecule has 1 N–H and O–H groups in total.